The van der Waals surface area contributed by atoms with E-state index in [0.717, 1.165) is 18.9 Å². The predicted octanol–water partition coefficient (Wildman–Crippen LogP) is 2.59. The average molecular weight is 271 g/mol. The van der Waals surface area contributed by atoms with Crippen molar-refractivity contribution in [2.24, 2.45) is 5.84 Å². The predicted molar refractivity (Wildman–Crippen MR) is 73.4 cm³/mol. The molecule has 1 rings (SSSR count). The van der Waals surface area contributed by atoms with Crippen molar-refractivity contribution in [3.8, 4) is 0 Å². The van der Waals surface area contributed by atoms with E-state index in [1.807, 2.05) is 32.8 Å². The summed E-state index contributed by atoms with van der Waals surface area (Å²) in [4.78, 5) is 2.04. The first kappa shape index (κ1) is 16.0. The van der Waals surface area contributed by atoms with E-state index in [1.165, 1.54) is 12.1 Å². The van der Waals surface area contributed by atoms with Gasteiger partial charge in [-0.05, 0) is 33.0 Å². The van der Waals surface area contributed by atoms with Gasteiger partial charge in [0.25, 0.3) is 0 Å². The summed E-state index contributed by atoms with van der Waals surface area (Å²) in [6, 6.07) is 3.21. The van der Waals surface area contributed by atoms with Crippen LogP contribution < -0.4 is 11.3 Å². The molecule has 5 heteroatoms. The summed E-state index contributed by atoms with van der Waals surface area (Å²) in [7, 11) is 3.89. The van der Waals surface area contributed by atoms with Crippen LogP contribution >= 0.6 is 0 Å². The van der Waals surface area contributed by atoms with Crippen LogP contribution in [-0.2, 0) is 0 Å². The molecule has 0 saturated carbocycles. The Kier molecular flexibility index (Phi) is 5.40. The van der Waals surface area contributed by atoms with E-state index in [-0.39, 0.29) is 5.54 Å². The summed E-state index contributed by atoms with van der Waals surface area (Å²) in [5.74, 6) is 4.49. The highest BCUT2D eigenvalue weighted by Crippen LogP contribution is 2.36. The third-order valence-corrected chi connectivity index (χ3v) is 4.09. The molecule has 0 heterocycles. The largest absolute Gasteiger partial charge is 0.302 e. The zero-order valence-corrected chi connectivity index (χ0v) is 12.0. The normalized spacial score (nSPS) is 13.9. The first-order chi connectivity index (χ1) is 8.92. The van der Waals surface area contributed by atoms with E-state index in [4.69, 9.17) is 5.84 Å². The summed E-state index contributed by atoms with van der Waals surface area (Å²) < 4.78 is 27.0. The number of hydrazine groups is 1. The fourth-order valence-electron chi connectivity index (χ4n) is 2.82. The SMILES string of the molecule is CCC(CC)(C(NN)c1ccc(F)cc1F)N(C)C. The molecule has 0 aliphatic rings. The number of nitrogens with one attached hydrogen (secondary N) is 1. The van der Waals surface area contributed by atoms with E-state index in [9.17, 15) is 8.78 Å². The van der Waals surface area contributed by atoms with Crippen LogP contribution in [0.1, 0.15) is 38.3 Å². The summed E-state index contributed by atoms with van der Waals surface area (Å²) in [6.45, 7) is 4.07. The molecule has 0 aliphatic heterocycles. The second-order valence-corrected chi connectivity index (χ2v) is 4.97. The van der Waals surface area contributed by atoms with Crippen LogP contribution in [0.15, 0.2) is 18.2 Å². The molecule has 3 nitrogen and oxygen atoms in total. The molecule has 0 aliphatic carbocycles. The van der Waals surface area contributed by atoms with Gasteiger partial charge >= 0.3 is 0 Å². The first-order valence-electron chi connectivity index (χ1n) is 6.51. The maximum absolute atomic E-state index is 14.0. The summed E-state index contributed by atoms with van der Waals surface area (Å²) in [5.41, 5.74) is 2.76. The Balaban J connectivity index is 3.31. The van der Waals surface area contributed by atoms with Crippen molar-refractivity contribution in [3.63, 3.8) is 0 Å². The van der Waals surface area contributed by atoms with Crippen molar-refractivity contribution in [1.82, 2.24) is 10.3 Å². The molecule has 3 N–H and O–H groups in total. The highest BCUT2D eigenvalue weighted by molar-refractivity contribution is 5.26. The molecule has 0 aromatic heterocycles. The van der Waals surface area contributed by atoms with Gasteiger partial charge in [-0.15, -0.1) is 0 Å². The molecule has 1 aromatic carbocycles. The number of hydrogen-bond acceptors (Lipinski definition) is 3. The van der Waals surface area contributed by atoms with Crippen molar-refractivity contribution in [1.29, 1.82) is 0 Å². The number of hydrogen-bond donors (Lipinski definition) is 2. The van der Waals surface area contributed by atoms with E-state index in [2.05, 4.69) is 5.43 Å². The van der Waals surface area contributed by atoms with E-state index >= 15 is 0 Å². The van der Waals surface area contributed by atoms with E-state index in [1.54, 1.807) is 0 Å². The van der Waals surface area contributed by atoms with Crippen molar-refractivity contribution in [3.05, 3.63) is 35.4 Å². The van der Waals surface area contributed by atoms with Gasteiger partial charge in [0.15, 0.2) is 0 Å². The Labute approximate surface area is 113 Å². The van der Waals surface area contributed by atoms with Crippen LogP contribution in [0.2, 0.25) is 0 Å². The van der Waals surface area contributed by atoms with Gasteiger partial charge in [-0.3, -0.25) is 11.3 Å². The number of benzene rings is 1. The lowest BCUT2D eigenvalue weighted by Gasteiger charge is -2.45. The van der Waals surface area contributed by atoms with Gasteiger partial charge < -0.3 is 4.90 Å². The fourth-order valence-corrected chi connectivity index (χ4v) is 2.82. The highest BCUT2D eigenvalue weighted by Gasteiger charge is 2.39. The monoisotopic (exact) mass is 271 g/mol. The molecule has 0 amide bonds. The molecule has 0 fully saturated rings. The quantitative estimate of drug-likeness (QED) is 0.617. The van der Waals surface area contributed by atoms with Gasteiger partial charge in [0, 0.05) is 17.2 Å². The van der Waals surface area contributed by atoms with Gasteiger partial charge in [-0.2, -0.15) is 0 Å². The van der Waals surface area contributed by atoms with E-state index in [0.29, 0.717) is 5.56 Å². The number of nitrogens with zero attached hydrogens (tertiary/aromatic N) is 1. The molecule has 0 bridgehead atoms. The van der Waals surface area contributed by atoms with Gasteiger partial charge in [0.1, 0.15) is 11.6 Å². The third-order valence-electron chi connectivity index (χ3n) is 4.09. The Morgan fingerprint density at radius 3 is 2.21 bits per heavy atom. The lowest BCUT2D eigenvalue weighted by molar-refractivity contribution is 0.0864. The molecule has 0 spiro atoms. The second kappa shape index (κ2) is 6.41. The molecule has 108 valence electrons. The van der Waals surface area contributed by atoms with Crippen LogP contribution in [0, 0.1) is 11.6 Å². The Morgan fingerprint density at radius 1 is 1.26 bits per heavy atom. The standard InChI is InChI=1S/C14H23F2N3/c1-5-14(6-2,19(3)4)13(18-17)11-8-7-10(15)9-12(11)16/h7-9,13,18H,5-6,17H2,1-4H3. The van der Waals surface area contributed by atoms with Crippen LogP contribution in [-0.4, -0.2) is 24.5 Å². The minimum absolute atomic E-state index is 0.326. The van der Waals surface area contributed by atoms with Crippen molar-refractivity contribution >= 4 is 0 Å². The Hall–Kier alpha value is -1.04. The summed E-state index contributed by atoms with van der Waals surface area (Å²) in [6.07, 6.45) is 1.59. The molecule has 0 saturated heterocycles. The van der Waals surface area contributed by atoms with Crippen LogP contribution in [0.3, 0.4) is 0 Å². The Morgan fingerprint density at radius 2 is 1.84 bits per heavy atom. The van der Waals surface area contributed by atoms with Gasteiger partial charge in [0.05, 0.1) is 6.04 Å². The maximum Gasteiger partial charge on any atom is 0.131 e. The molecule has 1 atom stereocenters. The molecule has 19 heavy (non-hydrogen) atoms. The summed E-state index contributed by atoms with van der Waals surface area (Å²) in [5, 5.41) is 0. The van der Waals surface area contributed by atoms with Gasteiger partial charge in [-0.1, -0.05) is 19.9 Å². The topological polar surface area (TPSA) is 41.3 Å². The lowest BCUT2D eigenvalue weighted by atomic mass is 9.79. The van der Waals surface area contributed by atoms with Crippen LogP contribution in [0.25, 0.3) is 0 Å². The van der Waals surface area contributed by atoms with Crippen molar-refractivity contribution in [2.45, 2.75) is 38.3 Å². The average Bonchev–Trinajstić information content (AvgIpc) is 2.37. The molecule has 1 aromatic rings. The molecule has 1 unspecified atom stereocenters. The molecular weight excluding hydrogens is 248 g/mol. The molecular formula is C14H23F2N3. The van der Waals surface area contributed by atoms with Crippen molar-refractivity contribution in [2.75, 3.05) is 14.1 Å². The third kappa shape index (κ3) is 2.94. The summed E-state index contributed by atoms with van der Waals surface area (Å²) >= 11 is 0. The fraction of sp³-hybridized carbons (Fsp3) is 0.571. The number of halogens is 2. The zero-order chi connectivity index (χ0) is 14.6. The zero-order valence-electron chi connectivity index (χ0n) is 12.0. The highest BCUT2D eigenvalue weighted by atomic mass is 19.1. The molecule has 0 radical (unpaired) electrons. The minimum Gasteiger partial charge on any atom is -0.302 e. The van der Waals surface area contributed by atoms with Crippen molar-refractivity contribution < 1.29 is 8.78 Å². The first-order valence-corrected chi connectivity index (χ1v) is 6.51. The van der Waals surface area contributed by atoms with Crippen LogP contribution in [0.4, 0.5) is 8.78 Å². The van der Waals surface area contributed by atoms with Gasteiger partial charge in [-0.25, -0.2) is 8.78 Å². The lowest BCUT2D eigenvalue weighted by Crippen LogP contribution is -2.54. The number of nitrogens with two attached hydrogens (primary N) is 1. The number of rotatable bonds is 6. The van der Waals surface area contributed by atoms with E-state index < -0.39 is 17.7 Å². The second-order valence-electron chi connectivity index (χ2n) is 4.97. The maximum atomic E-state index is 14.0. The smallest absolute Gasteiger partial charge is 0.131 e. The van der Waals surface area contributed by atoms with Crippen LogP contribution in [0.5, 0.6) is 0 Å². The number of likely N-dealkylation sites (N-methyl/N-ethyl adjacent to an activating group) is 1. The Bertz CT molecular complexity index is 417. The van der Waals surface area contributed by atoms with Gasteiger partial charge in [0.2, 0.25) is 0 Å². The minimum atomic E-state index is -0.583.